The van der Waals surface area contributed by atoms with Gasteiger partial charge in [-0.1, -0.05) is 0 Å². The molecule has 0 saturated carbocycles. The van der Waals surface area contributed by atoms with Crippen LogP contribution in [0.3, 0.4) is 0 Å². The Morgan fingerprint density at radius 1 is 1.36 bits per heavy atom. The molecular formula is C10H20O4. The van der Waals surface area contributed by atoms with Gasteiger partial charge in [0, 0.05) is 33.2 Å². The van der Waals surface area contributed by atoms with Gasteiger partial charge < -0.3 is 18.9 Å². The van der Waals surface area contributed by atoms with Crippen LogP contribution in [-0.4, -0.2) is 40.0 Å². The monoisotopic (exact) mass is 204 g/mol. The molecule has 0 spiro atoms. The van der Waals surface area contributed by atoms with E-state index < -0.39 is 0 Å². The zero-order chi connectivity index (χ0) is 10.4. The summed E-state index contributed by atoms with van der Waals surface area (Å²) in [6.07, 6.45) is 1.59. The molecule has 1 saturated heterocycles. The fraction of sp³-hybridized carbons (Fsp3) is 1.00. The zero-order valence-corrected chi connectivity index (χ0v) is 9.19. The summed E-state index contributed by atoms with van der Waals surface area (Å²) >= 11 is 0. The first-order valence-electron chi connectivity index (χ1n) is 5.10. The van der Waals surface area contributed by atoms with Crippen LogP contribution in [0.1, 0.15) is 19.8 Å². The van der Waals surface area contributed by atoms with Crippen molar-refractivity contribution in [3.8, 4) is 0 Å². The van der Waals surface area contributed by atoms with Crippen molar-refractivity contribution in [3.05, 3.63) is 0 Å². The minimum absolute atomic E-state index is 0.0912. The molecule has 4 heteroatoms. The maximum atomic E-state index is 5.45. The molecule has 0 radical (unpaired) electrons. The predicted molar refractivity (Wildman–Crippen MR) is 51.9 cm³/mol. The van der Waals surface area contributed by atoms with Gasteiger partial charge in [-0.3, -0.25) is 0 Å². The molecule has 0 bridgehead atoms. The summed E-state index contributed by atoms with van der Waals surface area (Å²) in [5, 5.41) is 0. The maximum Gasteiger partial charge on any atom is 0.159 e. The Morgan fingerprint density at radius 2 is 2.07 bits per heavy atom. The third-order valence-electron chi connectivity index (χ3n) is 2.49. The minimum Gasteiger partial charge on any atom is -0.356 e. The molecule has 1 aliphatic rings. The van der Waals surface area contributed by atoms with Crippen LogP contribution in [0.25, 0.3) is 0 Å². The minimum atomic E-state index is -0.137. The summed E-state index contributed by atoms with van der Waals surface area (Å²) in [5.41, 5.74) is 0. The van der Waals surface area contributed by atoms with Crippen LogP contribution in [-0.2, 0) is 18.9 Å². The third-order valence-corrected chi connectivity index (χ3v) is 2.49. The lowest BCUT2D eigenvalue weighted by molar-refractivity contribution is -0.214. The second-order valence-corrected chi connectivity index (χ2v) is 3.38. The Hall–Kier alpha value is -0.160. The summed E-state index contributed by atoms with van der Waals surface area (Å²) in [6.45, 7) is 3.37. The molecular weight excluding hydrogens is 184 g/mol. The number of methoxy groups -OCH3 is 2. The van der Waals surface area contributed by atoms with Crippen LogP contribution in [0.15, 0.2) is 0 Å². The molecule has 2 unspecified atom stereocenters. The number of ether oxygens (including phenoxy) is 4. The highest BCUT2D eigenvalue weighted by Gasteiger charge is 2.29. The van der Waals surface area contributed by atoms with Crippen LogP contribution in [0.5, 0.6) is 0 Å². The lowest BCUT2D eigenvalue weighted by atomic mass is 9.98. The van der Waals surface area contributed by atoms with Gasteiger partial charge in [0.05, 0.1) is 6.61 Å². The highest BCUT2D eigenvalue weighted by Crippen LogP contribution is 2.25. The predicted octanol–water partition coefficient (Wildman–Crippen LogP) is 1.39. The molecule has 0 aromatic rings. The van der Waals surface area contributed by atoms with Gasteiger partial charge in [-0.15, -0.1) is 0 Å². The van der Waals surface area contributed by atoms with E-state index in [0.29, 0.717) is 12.5 Å². The Morgan fingerprint density at radius 3 is 2.64 bits per heavy atom. The molecule has 2 atom stereocenters. The van der Waals surface area contributed by atoms with Gasteiger partial charge in [0.15, 0.2) is 12.6 Å². The van der Waals surface area contributed by atoms with Crippen molar-refractivity contribution in [3.63, 3.8) is 0 Å². The molecule has 0 aromatic heterocycles. The van der Waals surface area contributed by atoms with Crippen molar-refractivity contribution in [1.29, 1.82) is 0 Å². The number of rotatable bonds is 5. The first kappa shape index (κ1) is 11.9. The van der Waals surface area contributed by atoms with Crippen molar-refractivity contribution >= 4 is 0 Å². The van der Waals surface area contributed by atoms with Gasteiger partial charge in [-0.2, -0.15) is 0 Å². The standard InChI is InChI=1S/C10H20O4/c1-4-13-9-7-8(5-6-14-9)10(11-2)12-3/h8-10H,4-7H2,1-3H3. The van der Waals surface area contributed by atoms with Crippen molar-refractivity contribution in [2.24, 2.45) is 5.92 Å². The van der Waals surface area contributed by atoms with Crippen molar-refractivity contribution in [1.82, 2.24) is 0 Å². The lowest BCUT2D eigenvalue weighted by Gasteiger charge is -2.32. The average Bonchev–Trinajstić information content (AvgIpc) is 2.21. The number of hydrogen-bond donors (Lipinski definition) is 0. The molecule has 0 aromatic carbocycles. The molecule has 1 rings (SSSR count). The largest absolute Gasteiger partial charge is 0.356 e. The number of hydrogen-bond acceptors (Lipinski definition) is 4. The fourth-order valence-corrected chi connectivity index (χ4v) is 1.81. The quantitative estimate of drug-likeness (QED) is 0.634. The van der Waals surface area contributed by atoms with E-state index >= 15 is 0 Å². The first-order chi connectivity index (χ1) is 6.81. The van der Waals surface area contributed by atoms with Crippen molar-refractivity contribution < 1.29 is 18.9 Å². The summed E-state index contributed by atoms with van der Waals surface area (Å²) in [4.78, 5) is 0. The van der Waals surface area contributed by atoms with E-state index in [0.717, 1.165) is 19.4 Å². The van der Waals surface area contributed by atoms with E-state index in [4.69, 9.17) is 18.9 Å². The smallest absolute Gasteiger partial charge is 0.159 e. The van der Waals surface area contributed by atoms with Gasteiger partial charge >= 0.3 is 0 Å². The molecule has 0 amide bonds. The Bertz CT molecular complexity index is 145. The van der Waals surface area contributed by atoms with Crippen LogP contribution >= 0.6 is 0 Å². The van der Waals surface area contributed by atoms with Crippen LogP contribution in [0.2, 0.25) is 0 Å². The summed E-state index contributed by atoms with van der Waals surface area (Å²) in [7, 11) is 3.33. The Labute approximate surface area is 85.5 Å². The zero-order valence-electron chi connectivity index (χ0n) is 9.19. The molecule has 1 fully saturated rings. The van der Waals surface area contributed by atoms with E-state index in [-0.39, 0.29) is 12.6 Å². The van der Waals surface area contributed by atoms with Crippen molar-refractivity contribution in [2.45, 2.75) is 32.3 Å². The fourth-order valence-electron chi connectivity index (χ4n) is 1.81. The molecule has 0 N–H and O–H groups in total. The first-order valence-corrected chi connectivity index (χ1v) is 5.10. The summed E-state index contributed by atoms with van der Waals surface area (Å²) < 4.78 is 21.3. The SMILES string of the molecule is CCOC1CC(C(OC)OC)CCO1. The van der Waals surface area contributed by atoms with E-state index in [1.54, 1.807) is 14.2 Å². The average molecular weight is 204 g/mol. The second-order valence-electron chi connectivity index (χ2n) is 3.38. The van der Waals surface area contributed by atoms with Crippen LogP contribution in [0.4, 0.5) is 0 Å². The van der Waals surface area contributed by atoms with Gasteiger partial charge in [-0.05, 0) is 13.3 Å². The topological polar surface area (TPSA) is 36.9 Å². The molecule has 4 nitrogen and oxygen atoms in total. The Kier molecular flexibility index (Phi) is 5.40. The third kappa shape index (κ3) is 3.20. The van der Waals surface area contributed by atoms with E-state index in [2.05, 4.69) is 0 Å². The molecule has 1 aliphatic heterocycles. The van der Waals surface area contributed by atoms with Gasteiger partial charge in [-0.25, -0.2) is 0 Å². The molecule has 14 heavy (non-hydrogen) atoms. The Balaban J connectivity index is 2.38. The second kappa shape index (κ2) is 6.35. The van der Waals surface area contributed by atoms with Gasteiger partial charge in [0.1, 0.15) is 0 Å². The van der Waals surface area contributed by atoms with Crippen LogP contribution < -0.4 is 0 Å². The molecule has 1 heterocycles. The molecule has 0 aliphatic carbocycles. The highest BCUT2D eigenvalue weighted by atomic mass is 16.7. The maximum absolute atomic E-state index is 5.45. The van der Waals surface area contributed by atoms with Gasteiger partial charge in [0.2, 0.25) is 0 Å². The lowest BCUT2D eigenvalue weighted by Crippen LogP contribution is -2.35. The van der Waals surface area contributed by atoms with E-state index in [1.807, 2.05) is 6.92 Å². The molecule has 84 valence electrons. The van der Waals surface area contributed by atoms with E-state index in [1.165, 1.54) is 0 Å². The summed E-state index contributed by atoms with van der Waals surface area (Å²) in [6, 6.07) is 0. The van der Waals surface area contributed by atoms with Crippen molar-refractivity contribution in [2.75, 3.05) is 27.4 Å². The normalized spacial score (nSPS) is 28.3. The summed E-state index contributed by atoms with van der Waals surface area (Å²) in [5.74, 6) is 0.371. The van der Waals surface area contributed by atoms with Gasteiger partial charge in [0.25, 0.3) is 0 Å². The van der Waals surface area contributed by atoms with E-state index in [9.17, 15) is 0 Å². The highest BCUT2D eigenvalue weighted by molar-refractivity contribution is 4.69. The van der Waals surface area contributed by atoms with Crippen LogP contribution in [0, 0.1) is 5.92 Å².